The lowest BCUT2D eigenvalue weighted by Crippen LogP contribution is -2.35. The van der Waals surface area contributed by atoms with Crippen molar-refractivity contribution in [3.8, 4) is 0 Å². The zero-order chi connectivity index (χ0) is 16.2. The predicted octanol–water partition coefficient (Wildman–Crippen LogP) is 2.53. The van der Waals surface area contributed by atoms with Crippen molar-refractivity contribution in [2.45, 2.75) is 13.1 Å². The molecule has 0 bridgehead atoms. The van der Waals surface area contributed by atoms with Gasteiger partial charge in [-0.3, -0.25) is 4.90 Å². The van der Waals surface area contributed by atoms with E-state index in [-0.39, 0.29) is 0 Å². The molecule has 1 saturated heterocycles. The van der Waals surface area contributed by atoms with Crippen LogP contribution in [0.3, 0.4) is 0 Å². The molecule has 124 valence electrons. The number of ether oxygens (including phenoxy) is 1. The molecule has 0 amide bonds. The third-order valence-electron chi connectivity index (χ3n) is 4.16. The Morgan fingerprint density at radius 2 is 2.04 bits per heavy atom. The molecule has 6 nitrogen and oxygen atoms in total. The molecule has 1 aliphatic rings. The zero-order valence-corrected chi connectivity index (χ0v) is 14.1. The molecule has 0 saturated carbocycles. The lowest BCUT2D eigenvalue weighted by atomic mass is 10.2. The summed E-state index contributed by atoms with van der Waals surface area (Å²) in [6.07, 6.45) is 1.95. The lowest BCUT2D eigenvalue weighted by Gasteiger charge is -2.26. The minimum atomic E-state index is 0.693. The second-order valence-corrected chi connectivity index (χ2v) is 6.37. The SMILES string of the molecule is c1cc(CNc2ccc(CN3CCOCC3)cn2)c2nsnc2c1. The van der Waals surface area contributed by atoms with Crippen molar-refractivity contribution in [3.05, 3.63) is 47.7 Å². The van der Waals surface area contributed by atoms with Crippen LogP contribution in [0.15, 0.2) is 36.5 Å². The minimum absolute atomic E-state index is 0.693. The van der Waals surface area contributed by atoms with Gasteiger partial charge in [0.05, 0.1) is 24.9 Å². The van der Waals surface area contributed by atoms with E-state index in [2.05, 4.69) is 36.1 Å². The second kappa shape index (κ2) is 7.21. The van der Waals surface area contributed by atoms with E-state index >= 15 is 0 Å². The molecule has 0 unspecified atom stereocenters. The van der Waals surface area contributed by atoms with Crippen LogP contribution in [0, 0.1) is 0 Å². The Morgan fingerprint density at radius 1 is 1.12 bits per heavy atom. The maximum atomic E-state index is 5.38. The Balaban J connectivity index is 1.37. The van der Waals surface area contributed by atoms with Crippen LogP contribution in [0.4, 0.5) is 5.82 Å². The fourth-order valence-electron chi connectivity index (χ4n) is 2.83. The van der Waals surface area contributed by atoms with Gasteiger partial charge in [-0.2, -0.15) is 8.75 Å². The summed E-state index contributed by atoms with van der Waals surface area (Å²) in [4.78, 5) is 6.92. The molecule has 1 fully saturated rings. The fourth-order valence-corrected chi connectivity index (χ4v) is 3.40. The van der Waals surface area contributed by atoms with E-state index < -0.39 is 0 Å². The number of hydrogen-bond acceptors (Lipinski definition) is 7. The van der Waals surface area contributed by atoms with Crippen molar-refractivity contribution in [1.29, 1.82) is 0 Å². The Bertz CT molecular complexity index is 798. The van der Waals surface area contributed by atoms with Gasteiger partial charge in [-0.05, 0) is 17.7 Å². The van der Waals surface area contributed by atoms with Crippen molar-refractivity contribution < 1.29 is 4.74 Å². The summed E-state index contributed by atoms with van der Waals surface area (Å²) in [7, 11) is 0. The number of anilines is 1. The summed E-state index contributed by atoms with van der Waals surface area (Å²) in [6, 6.07) is 10.2. The number of morpholine rings is 1. The molecule has 1 N–H and O–H groups in total. The van der Waals surface area contributed by atoms with Gasteiger partial charge in [0.2, 0.25) is 0 Å². The van der Waals surface area contributed by atoms with Crippen molar-refractivity contribution in [2.75, 3.05) is 31.6 Å². The summed E-state index contributed by atoms with van der Waals surface area (Å²) in [5.41, 5.74) is 4.29. The van der Waals surface area contributed by atoms with E-state index in [0.29, 0.717) is 6.54 Å². The number of benzene rings is 1. The van der Waals surface area contributed by atoms with E-state index in [1.165, 1.54) is 17.3 Å². The molecule has 2 aromatic heterocycles. The van der Waals surface area contributed by atoms with Crippen LogP contribution in [0.1, 0.15) is 11.1 Å². The molecule has 1 aromatic carbocycles. The van der Waals surface area contributed by atoms with Gasteiger partial charge in [0, 0.05) is 37.9 Å². The molecule has 0 radical (unpaired) electrons. The lowest BCUT2D eigenvalue weighted by molar-refractivity contribution is 0.0341. The van der Waals surface area contributed by atoms with Crippen LogP contribution in [-0.4, -0.2) is 44.9 Å². The Morgan fingerprint density at radius 3 is 2.88 bits per heavy atom. The number of rotatable bonds is 5. The molecule has 0 aliphatic carbocycles. The molecule has 0 atom stereocenters. The van der Waals surface area contributed by atoms with Gasteiger partial charge in [0.15, 0.2) is 0 Å². The molecular weight excluding hydrogens is 322 g/mol. The van der Waals surface area contributed by atoms with Crippen LogP contribution in [0.25, 0.3) is 11.0 Å². The van der Waals surface area contributed by atoms with E-state index in [4.69, 9.17) is 4.74 Å². The van der Waals surface area contributed by atoms with Gasteiger partial charge < -0.3 is 10.1 Å². The van der Waals surface area contributed by atoms with Gasteiger partial charge in [0.1, 0.15) is 16.9 Å². The van der Waals surface area contributed by atoms with Crippen molar-refractivity contribution >= 4 is 28.6 Å². The van der Waals surface area contributed by atoms with E-state index in [9.17, 15) is 0 Å². The van der Waals surface area contributed by atoms with Gasteiger partial charge in [0.25, 0.3) is 0 Å². The van der Waals surface area contributed by atoms with Gasteiger partial charge in [-0.15, -0.1) is 0 Å². The Hall–Kier alpha value is -2.09. The molecule has 0 spiro atoms. The summed E-state index contributed by atoms with van der Waals surface area (Å²) < 4.78 is 14.0. The predicted molar refractivity (Wildman–Crippen MR) is 95.1 cm³/mol. The average molecular weight is 341 g/mol. The topological polar surface area (TPSA) is 63.2 Å². The highest BCUT2D eigenvalue weighted by molar-refractivity contribution is 7.00. The average Bonchev–Trinajstić information content (AvgIpc) is 3.11. The van der Waals surface area contributed by atoms with Gasteiger partial charge in [-0.25, -0.2) is 4.98 Å². The monoisotopic (exact) mass is 341 g/mol. The number of nitrogens with zero attached hydrogens (tertiary/aromatic N) is 4. The Labute approximate surface area is 144 Å². The molecule has 3 aromatic rings. The molecule has 4 rings (SSSR count). The molecule has 1 aliphatic heterocycles. The second-order valence-electron chi connectivity index (χ2n) is 5.84. The van der Waals surface area contributed by atoms with Crippen molar-refractivity contribution in [1.82, 2.24) is 18.6 Å². The third kappa shape index (κ3) is 3.53. The van der Waals surface area contributed by atoms with Crippen molar-refractivity contribution in [3.63, 3.8) is 0 Å². The first-order valence-electron chi connectivity index (χ1n) is 8.07. The van der Waals surface area contributed by atoms with Crippen LogP contribution in [-0.2, 0) is 17.8 Å². The third-order valence-corrected chi connectivity index (χ3v) is 4.71. The number of aromatic nitrogens is 3. The minimum Gasteiger partial charge on any atom is -0.379 e. The molecule has 24 heavy (non-hydrogen) atoms. The highest BCUT2D eigenvalue weighted by atomic mass is 32.1. The van der Waals surface area contributed by atoms with Crippen LogP contribution >= 0.6 is 11.7 Å². The largest absolute Gasteiger partial charge is 0.379 e. The highest BCUT2D eigenvalue weighted by Crippen LogP contribution is 2.17. The number of pyridine rings is 1. The first-order valence-corrected chi connectivity index (χ1v) is 8.80. The van der Waals surface area contributed by atoms with E-state index in [1.54, 1.807) is 0 Å². The standard InChI is InChI=1S/C17H19N5OS/c1-2-14(17-15(3-1)20-24-21-17)11-19-16-5-4-13(10-18-16)12-22-6-8-23-9-7-22/h1-5,10H,6-9,11-12H2,(H,18,19). The van der Waals surface area contributed by atoms with Crippen LogP contribution in [0.5, 0.6) is 0 Å². The number of nitrogens with one attached hydrogen (secondary N) is 1. The maximum Gasteiger partial charge on any atom is 0.126 e. The maximum absolute atomic E-state index is 5.38. The molecule has 7 heteroatoms. The van der Waals surface area contributed by atoms with Gasteiger partial charge >= 0.3 is 0 Å². The first kappa shape index (κ1) is 15.4. The fraction of sp³-hybridized carbons (Fsp3) is 0.353. The summed E-state index contributed by atoms with van der Waals surface area (Å²) in [5.74, 6) is 0.876. The Kier molecular flexibility index (Phi) is 4.64. The zero-order valence-electron chi connectivity index (χ0n) is 13.3. The number of fused-ring (bicyclic) bond motifs is 1. The van der Waals surface area contributed by atoms with E-state index in [0.717, 1.165) is 55.3 Å². The van der Waals surface area contributed by atoms with E-state index in [1.807, 2.05) is 24.4 Å². The smallest absolute Gasteiger partial charge is 0.126 e. The molecule has 3 heterocycles. The summed E-state index contributed by atoms with van der Waals surface area (Å²) in [5, 5.41) is 3.37. The first-order chi connectivity index (χ1) is 11.9. The quantitative estimate of drug-likeness (QED) is 0.769. The number of hydrogen-bond donors (Lipinski definition) is 1. The normalized spacial score (nSPS) is 15.7. The van der Waals surface area contributed by atoms with Crippen LogP contribution < -0.4 is 5.32 Å². The van der Waals surface area contributed by atoms with Crippen molar-refractivity contribution in [2.24, 2.45) is 0 Å². The molecular formula is C17H19N5OS. The van der Waals surface area contributed by atoms with Gasteiger partial charge in [-0.1, -0.05) is 18.2 Å². The summed E-state index contributed by atoms with van der Waals surface area (Å²) in [6.45, 7) is 5.25. The highest BCUT2D eigenvalue weighted by Gasteiger charge is 2.11. The summed E-state index contributed by atoms with van der Waals surface area (Å²) >= 11 is 1.25. The van der Waals surface area contributed by atoms with Crippen LogP contribution in [0.2, 0.25) is 0 Å².